The number of aliphatic hydroxyl groups is 9. The van der Waals surface area contributed by atoms with Gasteiger partial charge >= 0.3 is 7.82 Å². The molecule has 11 N–H and O–H groups in total. The Morgan fingerprint density at radius 3 is 1.85 bits per heavy atom. The summed E-state index contributed by atoms with van der Waals surface area (Å²) in [6.07, 6.45) is -25.1. The summed E-state index contributed by atoms with van der Waals surface area (Å²) in [5.41, 5.74) is 0. The number of amides is 1. The maximum Gasteiger partial charge on any atom is 0.472 e. The molecule has 3 rings (SSSR count). The highest BCUT2D eigenvalue weighted by atomic mass is 31.2. The normalized spacial score (nSPS) is 42.5. The lowest BCUT2D eigenvalue weighted by molar-refractivity contribution is -0.372. The van der Waals surface area contributed by atoms with E-state index in [0.717, 1.165) is 0 Å². The Morgan fingerprint density at radius 1 is 0.702 bits per heavy atom. The zero-order valence-corrected chi connectivity index (χ0v) is 26.5. The fourth-order valence-electron chi connectivity index (χ4n) is 4.87. The number of hydrogen-bond acceptors (Lipinski definition) is 19. The van der Waals surface area contributed by atoms with Crippen molar-refractivity contribution in [3.8, 4) is 0 Å². The van der Waals surface area contributed by atoms with Gasteiger partial charge in [-0.2, -0.15) is 0 Å². The second kappa shape index (κ2) is 18.3. The SMILES string of the molecule is CCCO[C@H]1O[C@H](CO[C@H]2O[C@H](CO)[C@@H](O)[C@H](O)[C@@H]2O[C@H]2O[C@H](COP(=O)(O)OCCNC(C)=O)[C@@H](O)[C@H](O)[C@@H]2O)[C@@H](O)[C@H](O)[C@@H]1O. The zero-order valence-electron chi connectivity index (χ0n) is 25.6. The smallest absolute Gasteiger partial charge is 0.394 e. The van der Waals surface area contributed by atoms with Gasteiger partial charge in [0, 0.05) is 20.1 Å². The summed E-state index contributed by atoms with van der Waals surface area (Å²) in [7, 11) is -4.76. The van der Waals surface area contributed by atoms with Crippen LogP contribution in [0.2, 0.25) is 0 Å². The Hall–Kier alpha value is -1.02. The van der Waals surface area contributed by atoms with Gasteiger partial charge < -0.3 is 84.6 Å². The van der Waals surface area contributed by atoms with E-state index in [1.807, 2.05) is 0 Å². The maximum absolute atomic E-state index is 12.2. The number of nitrogens with one attached hydrogen (secondary N) is 1. The molecule has 1 amide bonds. The highest BCUT2D eigenvalue weighted by Crippen LogP contribution is 2.43. The fraction of sp³-hybridized carbons (Fsp3) is 0.960. The van der Waals surface area contributed by atoms with Crippen molar-refractivity contribution >= 4 is 13.7 Å². The minimum absolute atomic E-state index is 0.119. The second-order valence-electron chi connectivity index (χ2n) is 11.1. The van der Waals surface area contributed by atoms with E-state index >= 15 is 0 Å². The van der Waals surface area contributed by atoms with E-state index in [1.165, 1.54) is 6.92 Å². The molecule has 0 aliphatic carbocycles. The van der Waals surface area contributed by atoms with Crippen LogP contribution in [-0.2, 0) is 46.8 Å². The molecule has 3 aliphatic heterocycles. The summed E-state index contributed by atoms with van der Waals surface area (Å²) in [5.74, 6) is -0.413. The molecule has 3 heterocycles. The van der Waals surface area contributed by atoms with Crippen LogP contribution in [0, 0.1) is 0 Å². The number of hydrogen-bond donors (Lipinski definition) is 11. The molecule has 3 fully saturated rings. The van der Waals surface area contributed by atoms with E-state index in [9.17, 15) is 60.2 Å². The quantitative estimate of drug-likeness (QED) is 0.0524. The van der Waals surface area contributed by atoms with Gasteiger partial charge in [0.2, 0.25) is 5.91 Å². The molecule has 0 bridgehead atoms. The first-order valence-electron chi connectivity index (χ1n) is 14.9. The fourth-order valence-corrected chi connectivity index (χ4v) is 5.60. The van der Waals surface area contributed by atoms with Crippen LogP contribution >= 0.6 is 7.82 Å². The molecule has 0 radical (unpaired) electrons. The molecule has 47 heavy (non-hydrogen) atoms. The van der Waals surface area contributed by atoms with E-state index in [-0.39, 0.29) is 13.2 Å². The summed E-state index contributed by atoms with van der Waals surface area (Å²) in [6, 6.07) is 0. The maximum atomic E-state index is 12.2. The van der Waals surface area contributed by atoms with Crippen molar-refractivity contribution in [3.05, 3.63) is 0 Å². The van der Waals surface area contributed by atoms with Gasteiger partial charge in [0.1, 0.15) is 73.2 Å². The number of phosphoric acid groups is 1. The van der Waals surface area contributed by atoms with E-state index in [2.05, 4.69) is 5.32 Å². The Kier molecular flexibility index (Phi) is 15.7. The predicted octanol–water partition coefficient (Wildman–Crippen LogP) is -5.86. The van der Waals surface area contributed by atoms with Crippen LogP contribution in [0.5, 0.6) is 0 Å². The van der Waals surface area contributed by atoms with Crippen molar-refractivity contribution in [2.45, 2.75) is 112 Å². The van der Waals surface area contributed by atoms with Gasteiger partial charge in [-0.1, -0.05) is 6.92 Å². The monoisotopic (exact) mass is 711 g/mol. The van der Waals surface area contributed by atoms with Crippen molar-refractivity contribution in [1.29, 1.82) is 0 Å². The van der Waals surface area contributed by atoms with Gasteiger partial charge in [-0.3, -0.25) is 13.8 Å². The average molecular weight is 712 g/mol. The van der Waals surface area contributed by atoms with Crippen LogP contribution in [0.25, 0.3) is 0 Å². The first kappa shape index (κ1) is 40.4. The largest absolute Gasteiger partial charge is 0.472 e. The Balaban J connectivity index is 1.70. The topological polar surface area (TPSA) is 322 Å². The van der Waals surface area contributed by atoms with Crippen LogP contribution in [0.3, 0.4) is 0 Å². The summed E-state index contributed by atoms with van der Waals surface area (Å²) < 4.78 is 54.9. The molecule has 21 nitrogen and oxygen atoms in total. The van der Waals surface area contributed by atoms with Crippen LogP contribution in [-0.4, -0.2) is 188 Å². The molecular weight excluding hydrogens is 665 g/mol. The number of phosphoric ester groups is 1. The van der Waals surface area contributed by atoms with Crippen molar-refractivity contribution in [3.63, 3.8) is 0 Å². The van der Waals surface area contributed by atoms with Gasteiger partial charge in [0.25, 0.3) is 0 Å². The molecule has 0 spiro atoms. The second-order valence-corrected chi connectivity index (χ2v) is 12.6. The summed E-state index contributed by atoms with van der Waals surface area (Å²) in [5, 5.41) is 95.7. The van der Waals surface area contributed by atoms with E-state index in [4.69, 9.17) is 37.5 Å². The summed E-state index contributed by atoms with van der Waals surface area (Å²) in [4.78, 5) is 20.8. The number of carbonyl (C=O) groups excluding carboxylic acids is 1. The van der Waals surface area contributed by atoms with Gasteiger partial charge in [-0.15, -0.1) is 0 Å². The van der Waals surface area contributed by atoms with Crippen LogP contribution in [0.1, 0.15) is 20.3 Å². The standard InChI is InChI=1S/C25H46NO20P/c1-3-5-39-23-20(35)17(32)15(30)12(44-23)8-40-25-22(19(34)14(29)11(7-27)43-25)46-24-21(36)18(33)16(31)13(45-24)9-42-47(37,38)41-6-4-26-10(2)28/h11-25,27,29-36H,3-9H2,1-2H3,(H,26,28)(H,37,38)/t11-,12-,13-,14-,15-,16-,17+,18+,19+,20+,21+,22+,23+,24-,25+/m1/s1. The molecule has 0 aromatic rings. The number of rotatable bonds is 16. The summed E-state index contributed by atoms with van der Waals surface area (Å²) >= 11 is 0. The van der Waals surface area contributed by atoms with Crippen molar-refractivity contribution in [2.24, 2.45) is 0 Å². The van der Waals surface area contributed by atoms with E-state index in [0.29, 0.717) is 6.42 Å². The average Bonchev–Trinajstić information content (AvgIpc) is 3.03. The third-order valence-corrected chi connectivity index (χ3v) is 8.48. The molecule has 0 aromatic heterocycles. The lowest BCUT2D eigenvalue weighted by Gasteiger charge is -2.46. The first-order valence-corrected chi connectivity index (χ1v) is 16.4. The van der Waals surface area contributed by atoms with Gasteiger partial charge in [0.15, 0.2) is 18.9 Å². The van der Waals surface area contributed by atoms with Gasteiger partial charge in [-0.05, 0) is 6.42 Å². The third kappa shape index (κ3) is 10.7. The first-order chi connectivity index (χ1) is 22.1. The molecule has 276 valence electrons. The van der Waals surface area contributed by atoms with Crippen molar-refractivity contribution < 1.29 is 97.7 Å². The lowest BCUT2D eigenvalue weighted by atomic mass is 9.97. The third-order valence-electron chi connectivity index (χ3n) is 7.50. The van der Waals surface area contributed by atoms with Gasteiger partial charge in [-0.25, -0.2) is 4.57 Å². The minimum atomic E-state index is -4.76. The Labute approximate surface area is 269 Å². The highest BCUT2D eigenvalue weighted by molar-refractivity contribution is 7.47. The zero-order chi connectivity index (χ0) is 35.1. The van der Waals surface area contributed by atoms with Crippen LogP contribution in [0.4, 0.5) is 0 Å². The lowest BCUT2D eigenvalue weighted by Crippen LogP contribution is -2.65. The molecule has 1 unspecified atom stereocenters. The Morgan fingerprint density at radius 2 is 1.26 bits per heavy atom. The van der Waals surface area contributed by atoms with E-state index in [1.54, 1.807) is 6.92 Å². The van der Waals surface area contributed by atoms with Gasteiger partial charge in [0.05, 0.1) is 26.4 Å². The number of aliphatic hydroxyl groups excluding tert-OH is 9. The summed E-state index contributed by atoms with van der Waals surface area (Å²) in [6.45, 7) is 0.351. The molecule has 16 atom stereocenters. The number of ether oxygens (including phenoxy) is 6. The molecule has 22 heteroatoms. The van der Waals surface area contributed by atoms with Crippen LogP contribution in [0.15, 0.2) is 0 Å². The molecule has 3 saturated heterocycles. The molecule has 0 saturated carbocycles. The molecule has 0 aromatic carbocycles. The number of carbonyl (C=O) groups is 1. The molecule has 3 aliphatic rings. The van der Waals surface area contributed by atoms with E-state index < -0.39 is 132 Å². The predicted molar refractivity (Wildman–Crippen MR) is 149 cm³/mol. The van der Waals surface area contributed by atoms with Crippen molar-refractivity contribution in [2.75, 3.05) is 39.6 Å². The highest BCUT2D eigenvalue weighted by Gasteiger charge is 2.52. The molecular formula is C25H46NO20P. The Bertz CT molecular complexity index is 1010. The van der Waals surface area contributed by atoms with Crippen molar-refractivity contribution in [1.82, 2.24) is 5.32 Å². The minimum Gasteiger partial charge on any atom is -0.394 e. The van der Waals surface area contributed by atoms with Crippen LogP contribution < -0.4 is 5.32 Å².